The Kier molecular flexibility index (Phi) is 8.21. The summed E-state index contributed by atoms with van der Waals surface area (Å²) in [6, 6.07) is 13.7. The highest BCUT2D eigenvalue weighted by atomic mass is 16.5. The number of anilines is 1. The third kappa shape index (κ3) is 8.04. The highest BCUT2D eigenvalue weighted by Crippen LogP contribution is 2.12. The number of esters is 2. The van der Waals surface area contributed by atoms with Crippen molar-refractivity contribution < 1.29 is 28.6 Å². The Morgan fingerprint density at radius 3 is 2.24 bits per heavy atom. The van der Waals surface area contributed by atoms with Crippen LogP contribution in [-0.2, 0) is 19.1 Å². The van der Waals surface area contributed by atoms with Gasteiger partial charge in [-0.25, -0.2) is 4.79 Å². The van der Waals surface area contributed by atoms with Crippen LogP contribution >= 0.6 is 0 Å². The van der Waals surface area contributed by atoms with Crippen molar-refractivity contribution in [2.24, 2.45) is 0 Å². The first-order valence-corrected chi connectivity index (χ1v) is 9.29. The molecule has 0 aromatic heterocycles. The van der Waals surface area contributed by atoms with E-state index in [1.807, 2.05) is 31.2 Å². The van der Waals surface area contributed by atoms with E-state index in [2.05, 4.69) is 5.32 Å². The number of amides is 1. The lowest BCUT2D eigenvalue weighted by Crippen LogP contribution is -2.21. The number of carbonyl (C=O) groups is 3. The summed E-state index contributed by atoms with van der Waals surface area (Å²) in [7, 11) is 0. The van der Waals surface area contributed by atoms with Gasteiger partial charge in [-0.1, -0.05) is 17.7 Å². The second kappa shape index (κ2) is 10.8. The Balaban J connectivity index is 1.68. The van der Waals surface area contributed by atoms with Crippen LogP contribution in [0.5, 0.6) is 5.75 Å². The van der Waals surface area contributed by atoms with Gasteiger partial charge in [-0.3, -0.25) is 9.59 Å². The van der Waals surface area contributed by atoms with Crippen LogP contribution in [0.3, 0.4) is 0 Å². The van der Waals surface area contributed by atoms with Crippen LogP contribution in [0.25, 0.3) is 0 Å². The minimum Gasteiger partial charge on any atom is -0.493 e. The summed E-state index contributed by atoms with van der Waals surface area (Å²) in [5.74, 6) is -0.768. The predicted molar refractivity (Wildman–Crippen MR) is 108 cm³/mol. The third-order valence-electron chi connectivity index (χ3n) is 3.71. The second-order valence-corrected chi connectivity index (χ2v) is 6.65. The number of ether oxygens (including phenoxy) is 3. The molecule has 7 nitrogen and oxygen atoms in total. The van der Waals surface area contributed by atoms with Gasteiger partial charge in [-0.2, -0.15) is 0 Å². The zero-order valence-corrected chi connectivity index (χ0v) is 16.8. The largest absolute Gasteiger partial charge is 0.493 e. The highest BCUT2D eigenvalue weighted by molar-refractivity contribution is 5.94. The highest BCUT2D eigenvalue weighted by Gasteiger charge is 2.11. The molecular weight excluding hydrogens is 374 g/mol. The van der Waals surface area contributed by atoms with Crippen molar-refractivity contribution in [3.63, 3.8) is 0 Å². The van der Waals surface area contributed by atoms with Gasteiger partial charge in [0.1, 0.15) is 5.75 Å². The molecule has 2 rings (SSSR count). The topological polar surface area (TPSA) is 90.9 Å². The lowest BCUT2D eigenvalue weighted by molar-refractivity contribution is -0.147. The number of hydrogen-bond donors (Lipinski definition) is 1. The lowest BCUT2D eigenvalue weighted by atomic mass is 10.2. The molecule has 0 fully saturated rings. The van der Waals surface area contributed by atoms with Crippen LogP contribution in [0, 0.1) is 6.92 Å². The normalized spacial score (nSPS) is 10.3. The number of nitrogens with one attached hydrogen (secondary N) is 1. The fourth-order valence-corrected chi connectivity index (χ4v) is 2.27. The molecule has 0 aliphatic rings. The van der Waals surface area contributed by atoms with Gasteiger partial charge in [0.15, 0.2) is 6.61 Å². The van der Waals surface area contributed by atoms with Gasteiger partial charge < -0.3 is 19.5 Å². The van der Waals surface area contributed by atoms with E-state index in [0.717, 1.165) is 5.56 Å². The molecule has 0 aliphatic heterocycles. The van der Waals surface area contributed by atoms with Crippen LogP contribution in [0.2, 0.25) is 0 Å². The summed E-state index contributed by atoms with van der Waals surface area (Å²) in [6.45, 7) is 5.27. The maximum Gasteiger partial charge on any atom is 0.338 e. The number of rotatable bonds is 9. The summed E-state index contributed by atoms with van der Waals surface area (Å²) < 4.78 is 15.5. The molecule has 154 valence electrons. The van der Waals surface area contributed by atoms with Crippen LogP contribution in [0.1, 0.15) is 36.2 Å². The summed E-state index contributed by atoms with van der Waals surface area (Å²) in [5.41, 5.74) is 1.99. The molecule has 0 unspecified atom stereocenters. The molecule has 29 heavy (non-hydrogen) atoms. The molecule has 7 heteroatoms. The molecule has 0 atom stereocenters. The molecule has 1 N–H and O–H groups in total. The van der Waals surface area contributed by atoms with Crippen LogP contribution in [0.4, 0.5) is 5.69 Å². The van der Waals surface area contributed by atoms with Crippen molar-refractivity contribution in [1.29, 1.82) is 0 Å². The maximum absolute atomic E-state index is 11.9. The second-order valence-electron chi connectivity index (χ2n) is 6.65. The summed E-state index contributed by atoms with van der Waals surface area (Å²) in [5, 5.41) is 2.59. The van der Waals surface area contributed by atoms with Crippen molar-refractivity contribution in [3.05, 3.63) is 59.7 Å². The SMILES string of the molecule is Cc1ccc(OCCC(=O)OCC(=O)Nc2ccc(C(=O)OC(C)C)cc2)cc1. The first kappa shape index (κ1) is 21.9. The monoisotopic (exact) mass is 399 g/mol. The minimum atomic E-state index is -0.529. The van der Waals surface area contributed by atoms with E-state index in [4.69, 9.17) is 14.2 Å². The van der Waals surface area contributed by atoms with Gasteiger partial charge >= 0.3 is 11.9 Å². The van der Waals surface area contributed by atoms with Crippen molar-refractivity contribution >= 4 is 23.5 Å². The Bertz CT molecular complexity index is 827. The molecule has 0 bridgehead atoms. The van der Waals surface area contributed by atoms with E-state index in [9.17, 15) is 14.4 Å². The Labute approximate surface area is 170 Å². The number of aryl methyl sites for hydroxylation is 1. The van der Waals surface area contributed by atoms with Gasteiger partial charge in [-0.05, 0) is 57.2 Å². The van der Waals surface area contributed by atoms with Gasteiger partial charge in [0.2, 0.25) is 0 Å². The van der Waals surface area contributed by atoms with E-state index in [1.165, 1.54) is 0 Å². The summed E-state index contributed by atoms with van der Waals surface area (Å²) in [4.78, 5) is 35.4. The quantitative estimate of drug-likeness (QED) is 0.649. The van der Waals surface area contributed by atoms with Crippen LogP contribution in [-0.4, -0.2) is 37.2 Å². The molecule has 0 radical (unpaired) electrons. The number of benzene rings is 2. The molecule has 0 aliphatic carbocycles. The van der Waals surface area contributed by atoms with Gasteiger partial charge in [0, 0.05) is 5.69 Å². The first-order chi connectivity index (χ1) is 13.8. The van der Waals surface area contributed by atoms with E-state index in [-0.39, 0.29) is 19.1 Å². The fraction of sp³-hybridized carbons (Fsp3) is 0.318. The van der Waals surface area contributed by atoms with E-state index < -0.39 is 24.5 Å². The summed E-state index contributed by atoms with van der Waals surface area (Å²) >= 11 is 0. The van der Waals surface area contributed by atoms with Crippen molar-refractivity contribution in [2.45, 2.75) is 33.3 Å². The third-order valence-corrected chi connectivity index (χ3v) is 3.71. The molecule has 0 saturated carbocycles. The van der Waals surface area contributed by atoms with Crippen LogP contribution in [0.15, 0.2) is 48.5 Å². The number of hydrogen-bond acceptors (Lipinski definition) is 6. The predicted octanol–water partition coefficient (Wildman–Crippen LogP) is 3.51. The maximum atomic E-state index is 11.9. The Hall–Kier alpha value is -3.35. The lowest BCUT2D eigenvalue weighted by Gasteiger charge is -2.09. The molecule has 2 aromatic carbocycles. The zero-order valence-electron chi connectivity index (χ0n) is 16.8. The fourth-order valence-electron chi connectivity index (χ4n) is 2.27. The molecule has 0 saturated heterocycles. The van der Waals surface area contributed by atoms with Crippen molar-refractivity contribution in [2.75, 3.05) is 18.5 Å². The average Bonchev–Trinajstić information content (AvgIpc) is 2.68. The van der Waals surface area contributed by atoms with Crippen molar-refractivity contribution in [1.82, 2.24) is 0 Å². The van der Waals surface area contributed by atoms with Gasteiger partial charge in [0.25, 0.3) is 5.91 Å². The molecule has 0 heterocycles. The van der Waals surface area contributed by atoms with Crippen molar-refractivity contribution in [3.8, 4) is 5.75 Å². The van der Waals surface area contributed by atoms with E-state index >= 15 is 0 Å². The van der Waals surface area contributed by atoms with E-state index in [1.54, 1.807) is 38.1 Å². The standard InChI is InChI=1S/C22H25NO6/c1-15(2)29-22(26)17-6-8-18(9-7-17)23-20(24)14-28-21(25)12-13-27-19-10-4-16(3)5-11-19/h4-11,15H,12-14H2,1-3H3,(H,23,24). The van der Waals surface area contributed by atoms with Gasteiger partial charge in [-0.15, -0.1) is 0 Å². The minimum absolute atomic E-state index is 0.0355. The smallest absolute Gasteiger partial charge is 0.338 e. The molecule has 2 aromatic rings. The number of carbonyl (C=O) groups excluding carboxylic acids is 3. The molecule has 1 amide bonds. The molecular formula is C22H25NO6. The Morgan fingerprint density at radius 1 is 0.966 bits per heavy atom. The zero-order chi connectivity index (χ0) is 21.2. The first-order valence-electron chi connectivity index (χ1n) is 9.29. The Morgan fingerprint density at radius 2 is 1.62 bits per heavy atom. The van der Waals surface area contributed by atoms with Gasteiger partial charge in [0.05, 0.1) is 24.7 Å². The van der Waals surface area contributed by atoms with E-state index in [0.29, 0.717) is 17.0 Å². The molecule has 0 spiro atoms. The van der Waals surface area contributed by atoms with Crippen LogP contribution < -0.4 is 10.1 Å². The average molecular weight is 399 g/mol. The summed E-state index contributed by atoms with van der Waals surface area (Å²) in [6.07, 6.45) is -0.174.